The van der Waals surface area contributed by atoms with Crippen LogP contribution in [0.2, 0.25) is 0 Å². The van der Waals surface area contributed by atoms with Crippen LogP contribution in [0.3, 0.4) is 0 Å². The van der Waals surface area contributed by atoms with Crippen LogP contribution in [0.1, 0.15) is 32.6 Å². The van der Waals surface area contributed by atoms with E-state index in [1.54, 1.807) is 29.2 Å². The summed E-state index contributed by atoms with van der Waals surface area (Å²) in [5.41, 5.74) is 4.74. The van der Waals surface area contributed by atoms with E-state index in [9.17, 15) is 9.59 Å². The fourth-order valence-corrected chi connectivity index (χ4v) is 3.93. The molecular formula is C28H27N3O3. The molecule has 1 saturated heterocycles. The first kappa shape index (κ1) is 23.2. The van der Waals surface area contributed by atoms with E-state index < -0.39 is 0 Å². The van der Waals surface area contributed by atoms with E-state index in [1.165, 1.54) is 0 Å². The molecule has 0 aliphatic carbocycles. The third-order valence-electron chi connectivity index (χ3n) is 5.91. The maximum Gasteiger partial charge on any atom is 0.258 e. The summed E-state index contributed by atoms with van der Waals surface area (Å²) in [4.78, 5) is 29.8. The lowest BCUT2D eigenvalue weighted by atomic mass is 10.1. The van der Waals surface area contributed by atoms with E-state index in [2.05, 4.69) is 6.07 Å². The predicted octanol–water partition coefficient (Wildman–Crippen LogP) is 4.12. The highest BCUT2D eigenvalue weighted by Gasteiger charge is 2.21. The van der Waals surface area contributed by atoms with Gasteiger partial charge in [-0.05, 0) is 54.4 Å². The van der Waals surface area contributed by atoms with Crippen molar-refractivity contribution >= 4 is 17.5 Å². The SMILES string of the molecule is Cc1ccc(CN(C(=O)c2ccc(C#N)cc2)c2cccc(CC(=O)N3CCOCC3)c2)cc1. The van der Waals surface area contributed by atoms with Gasteiger partial charge in [0.05, 0.1) is 37.8 Å². The maximum atomic E-state index is 13.6. The minimum absolute atomic E-state index is 0.0592. The summed E-state index contributed by atoms with van der Waals surface area (Å²) in [6.45, 7) is 4.76. The van der Waals surface area contributed by atoms with Gasteiger partial charge in [0.1, 0.15) is 0 Å². The third kappa shape index (κ3) is 5.69. The molecule has 1 aliphatic heterocycles. The number of amides is 2. The number of rotatable bonds is 6. The van der Waals surface area contributed by atoms with Gasteiger partial charge in [0.25, 0.3) is 5.91 Å². The average molecular weight is 454 g/mol. The van der Waals surface area contributed by atoms with Crippen molar-refractivity contribution in [3.63, 3.8) is 0 Å². The Hall–Kier alpha value is -3.95. The number of carbonyl (C=O) groups is 2. The van der Waals surface area contributed by atoms with E-state index in [4.69, 9.17) is 10.00 Å². The Bertz CT molecular complexity index is 1190. The molecule has 4 rings (SSSR count). The Morgan fingerprint density at radius 3 is 2.35 bits per heavy atom. The van der Waals surface area contributed by atoms with Crippen LogP contribution >= 0.6 is 0 Å². The van der Waals surface area contributed by atoms with Crippen molar-refractivity contribution in [2.24, 2.45) is 0 Å². The molecule has 0 aromatic heterocycles. The summed E-state index contributed by atoms with van der Waals surface area (Å²) >= 11 is 0. The van der Waals surface area contributed by atoms with Crippen LogP contribution in [0.4, 0.5) is 5.69 Å². The molecule has 0 N–H and O–H groups in total. The number of hydrogen-bond acceptors (Lipinski definition) is 4. The zero-order valence-corrected chi connectivity index (χ0v) is 19.2. The lowest BCUT2D eigenvalue weighted by molar-refractivity contribution is -0.134. The minimum atomic E-state index is -0.165. The molecule has 6 nitrogen and oxygen atoms in total. The summed E-state index contributed by atoms with van der Waals surface area (Å²) < 4.78 is 5.34. The Morgan fingerprint density at radius 1 is 0.971 bits per heavy atom. The van der Waals surface area contributed by atoms with E-state index >= 15 is 0 Å². The van der Waals surface area contributed by atoms with E-state index in [0.717, 1.165) is 22.4 Å². The van der Waals surface area contributed by atoms with Crippen molar-refractivity contribution < 1.29 is 14.3 Å². The number of benzene rings is 3. The minimum Gasteiger partial charge on any atom is -0.378 e. The molecule has 1 fully saturated rings. The van der Waals surface area contributed by atoms with Crippen LogP contribution in [0.25, 0.3) is 0 Å². The molecule has 0 bridgehead atoms. The lowest BCUT2D eigenvalue weighted by Gasteiger charge is -2.27. The first-order chi connectivity index (χ1) is 16.5. The van der Waals surface area contributed by atoms with Gasteiger partial charge in [0.2, 0.25) is 5.91 Å². The van der Waals surface area contributed by atoms with Crippen LogP contribution < -0.4 is 4.90 Å². The van der Waals surface area contributed by atoms with Gasteiger partial charge in [-0.2, -0.15) is 5.26 Å². The molecule has 172 valence electrons. The van der Waals surface area contributed by atoms with Gasteiger partial charge >= 0.3 is 0 Å². The van der Waals surface area contributed by atoms with Crippen molar-refractivity contribution in [1.82, 2.24) is 4.90 Å². The van der Waals surface area contributed by atoms with Gasteiger partial charge in [-0.3, -0.25) is 9.59 Å². The van der Waals surface area contributed by atoms with Crippen molar-refractivity contribution in [1.29, 1.82) is 5.26 Å². The summed E-state index contributed by atoms with van der Waals surface area (Å²) in [7, 11) is 0. The van der Waals surface area contributed by atoms with Crippen LogP contribution in [0.15, 0.2) is 72.8 Å². The number of aryl methyl sites for hydroxylation is 1. The lowest BCUT2D eigenvalue weighted by Crippen LogP contribution is -2.41. The zero-order valence-electron chi connectivity index (χ0n) is 19.2. The molecule has 1 heterocycles. The summed E-state index contributed by atoms with van der Waals surface area (Å²) in [6, 6.07) is 24.4. The van der Waals surface area contributed by atoms with Gasteiger partial charge in [-0.25, -0.2) is 0 Å². The van der Waals surface area contributed by atoms with E-state index in [0.29, 0.717) is 44.0 Å². The molecule has 3 aromatic rings. The first-order valence-electron chi connectivity index (χ1n) is 11.4. The largest absolute Gasteiger partial charge is 0.378 e. The highest BCUT2D eigenvalue weighted by atomic mass is 16.5. The predicted molar refractivity (Wildman–Crippen MR) is 130 cm³/mol. The van der Waals surface area contributed by atoms with Gasteiger partial charge in [0, 0.05) is 24.3 Å². The standard InChI is InChI=1S/C28H27N3O3/c1-21-5-7-23(8-6-21)20-31(28(33)25-11-9-22(19-29)10-12-25)26-4-2-3-24(17-26)18-27(32)30-13-15-34-16-14-30/h2-12,17H,13-16,18,20H2,1H3. The van der Waals surface area contributed by atoms with Gasteiger partial charge < -0.3 is 14.5 Å². The van der Waals surface area contributed by atoms with Crippen molar-refractivity contribution in [2.75, 3.05) is 31.2 Å². The molecule has 3 aromatic carbocycles. The summed E-state index contributed by atoms with van der Waals surface area (Å²) in [5.74, 6) is -0.106. The second-order valence-electron chi connectivity index (χ2n) is 8.41. The average Bonchev–Trinajstić information content (AvgIpc) is 2.88. The molecular weight excluding hydrogens is 426 g/mol. The van der Waals surface area contributed by atoms with Crippen LogP contribution in [-0.4, -0.2) is 43.0 Å². The Kier molecular flexibility index (Phi) is 7.36. The quantitative estimate of drug-likeness (QED) is 0.563. The topological polar surface area (TPSA) is 73.6 Å². The fraction of sp³-hybridized carbons (Fsp3) is 0.250. The molecule has 0 spiro atoms. The van der Waals surface area contributed by atoms with Gasteiger partial charge in [-0.1, -0.05) is 42.0 Å². The normalized spacial score (nSPS) is 13.2. The van der Waals surface area contributed by atoms with Crippen molar-refractivity contribution in [3.8, 4) is 6.07 Å². The molecule has 0 saturated carbocycles. The number of hydrogen-bond donors (Lipinski definition) is 0. The number of nitrogens with zero attached hydrogens (tertiary/aromatic N) is 3. The van der Waals surface area contributed by atoms with Crippen LogP contribution in [-0.2, 0) is 22.5 Å². The molecule has 1 aliphatic rings. The van der Waals surface area contributed by atoms with Crippen LogP contribution in [0, 0.1) is 18.3 Å². The smallest absolute Gasteiger partial charge is 0.258 e. The number of ether oxygens (including phenoxy) is 1. The number of anilines is 1. The van der Waals surface area contributed by atoms with Crippen molar-refractivity contribution in [3.05, 3.63) is 101 Å². The second-order valence-corrected chi connectivity index (χ2v) is 8.41. The van der Waals surface area contributed by atoms with Gasteiger partial charge in [0.15, 0.2) is 0 Å². The molecule has 6 heteroatoms. The molecule has 0 atom stereocenters. The van der Waals surface area contributed by atoms with Crippen LogP contribution in [0.5, 0.6) is 0 Å². The molecule has 0 radical (unpaired) electrons. The highest BCUT2D eigenvalue weighted by molar-refractivity contribution is 6.06. The van der Waals surface area contributed by atoms with E-state index in [1.807, 2.05) is 60.4 Å². The Balaban J connectivity index is 1.61. The van der Waals surface area contributed by atoms with Crippen molar-refractivity contribution in [2.45, 2.75) is 19.9 Å². The van der Waals surface area contributed by atoms with E-state index in [-0.39, 0.29) is 18.2 Å². The summed E-state index contributed by atoms with van der Waals surface area (Å²) in [6.07, 6.45) is 0.275. The molecule has 34 heavy (non-hydrogen) atoms. The Morgan fingerprint density at radius 2 is 1.68 bits per heavy atom. The highest BCUT2D eigenvalue weighted by Crippen LogP contribution is 2.23. The molecule has 2 amide bonds. The third-order valence-corrected chi connectivity index (χ3v) is 5.91. The monoisotopic (exact) mass is 453 g/mol. The Labute approximate surface area is 200 Å². The first-order valence-corrected chi connectivity index (χ1v) is 11.4. The fourth-order valence-electron chi connectivity index (χ4n) is 3.93. The number of morpholine rings is 1. The summed E-state index contributed by atoms with van der Waals surface area (Å²) in [5, 5.41) is 9.08. The number of nitriles is 1. The second kappa shape index (κ2) is 10.8. The zero-order chi connectivity index (χ0) is 23.9. The van der Waals surface area contributed by atoms with Gasteiger partial charge in [-0.15, -0.1) is 0 Å². The molecule has 0 unspecified atom stereocenters. The number of carbonyl (C=O) groups excluding carboxylic acids is 2. The maximum absolute atomic E-state index is 13.6.